The number of carbonyl (C=O) groups excluding carboxylic acids is 1. The van der Waals surface area contributed by atoms with Crippen molar-refractivity contribution in [1.82, 2.24) is 5.32 Å². The molecule has 0 aliphatic carbocycles. The Morgan fingerprint density at radius 2 is 1.83 bits per heavy atom. The number of carboxylic acid groups (broad SMARTS) is 1. The molecule has 1 amide bonds. The lowest BCUT2D eigenvalue weighted by molar-refractivity contribution is -0.139. The van der Waals surface area contributed by atoms with Crippen LogP contribution in [0.25, 0.3) is 0 Å². The molecule has 0 radical (unpaired) electrons. The fourth-order valence-electron chi connectivity index (χ4n) is 1.48. The summed E-state index contributed by atoms with van der Waals surface area (Å²) in [7, 11) is 0. The SMILES string of the molecule is CCCCCCC(NC(=O)OC(C)(C)C)C(=O)O. The summed E-state index contributed by atoms with van der Waals surface area (Å²) in [6, 6.07) is -0.864. The van der Waals surface area contributed by atoms with E-state index in [1.165, 1.54) is 0 Å². The average molecular weight is 259 g/mol. The van der Waals surface area contributed by atoms with Crippen LogP contribution >= 0.6 is 0 Å². The van der Waals surface area contributed by atoms with E-state index in [4.69, 9.17) is 9.84 Å². The highest BCUT2D eigenvalue weighted by molar-refractivity contribution is 5.79. The summed E-state index contributed by atoms with van der Waals surface area (Å²) < 4.78 is 5.03. The smallest absolute Gasteiger partial charge is 0.408 e. The van der Waals surface area contributed by atoms with Gasteiger partial charge in [-0.15, -0.1) is 0 Å². The predicted molar refractivity (Wildman–Crippen MR) is 69.6 cm³/mol. The Bertz CT molecular complexity index is 271. The minimum absolute atomic E-state index is 0.439. The molecule has 0 aromatic carbocycles. The lowest BCUT2D eigenvalue weighted by Gasteiger charge is -2.22. The Kier molecular flexibility index (Phi) is 7.39. The van der Waals surface area contributed by atoms with Crippen molar-refractivity contribution in [3.05, 3.63) is 0 Å². The zero-order chi connectivity index (χ0) is 14.2. The summed E-state index contributed by atoms with van der Waals surface area (Å²) >= 11 is 0. The normalized spacial score (nSPS) is 12.9. The van der Waals surface area contributed by atoms with E-state index in [0.717, 1.165) is 25.7 Å². The molecule has 0 aliphatic rings. The maximum atomic E-state index is 11.5. The molecule has 5 nitrogen and oxygen atoms in total. The zero-order valence-corrected chi connectivity index (χ0v) is 11.8. The first-order valence-corrected chi connectivity index (χ1v) is 6.48. The Labute approximate surface area is 109 Å². The first kappa shape index (κ1) is 16.7. The van der Waals surface area contributed by atoms with Crippen molar-refractivity contribution < 1.29 is 19.4 Å². The van der Waals surface area contributed by atoms with Crippen LogP contribution in [0.2, 0.25) is 0 Å². The van der Waals surface area contributed by atoms with E-state index in [0.29, 0.717) is 6.42 Å². The minimum Gasteiger partial charge on any atom is -0.480 e. The van der Waals surface area contributed by atoms with Gasteiger partial charge in [0.25, 0.3) is 0 Å². The molecule has 0 bridgehead atoms. The highest BCUT2D eigenvalue weighted by Gasteiger charge is 2.23. The van der Waals surface area contributed by atoms with Gasteiger partial charge in [-0.05, 0) is 27.2 Å². The van der Waals surface area contributed by atoms with E-state index in [1.807, 2.05) is 0 Å². The number of amides is 1. The lowest BCUT2D eigenvalue weighted by atomic mass is 10.1. The molecule has 0 rings (SSSR count). The number of hydrogen-bond donors (Lipinski definition) is 2. The van der Waals surface area contributed by atoms with Gasteiger partial charge < -0.3 is 15.2 Å². The number of ether oxygens (including phenoxy) is 1. The Morgan fingerprint density at radius 3 is 2.28 bits per heavy atom. The number of unbranched alkanes of at least 4 members (excludes halogenated alkanes) is 3. The number of carbonyl (C=O) groups is 2. The summed E-state index contributed by atoms with van der Waals surface area (Å²) in [5.74, 6) is -1.02. The van der Waals surface area contributed by atoms with Crippen molar-refractivity contribution in [2.75, 3.05) is 0 Å². The molecule has 0 spiro atoms. The first-order chi connectivity index (χ1) is 8.26. The van der Waals surface area contributed by atoms with Gasteiger partial charge in [-0.1, -0.05) is 32.6 Å². The van der Waals surface area contributed by atoms with E-state index < -0.39 is 23.7 Å². The number of rotatable bonds is 7. The molecule has 0 aromatic heterocycles. The Hall–Kier alpha value is -1.26. The van der Waals surface area contributed by atoms with E-state index in [1.54, 1.807) is 20.8 Å². The zero-order valence-electron chi connectivity index (χ0n) is 11.8. The topological polar surface area (TPSA) is 75.6 Å². The van der Waals surface area contributed by atoms with Gasteiger partial charge in [0.2, 0.25) is 0 Å². The summed E-state index contributed by atoms with van der Waals surface area (Å²) in [5, 5.41) is 11.4. The number of nitrogens with one attached hydrogen (secondary N) is 1. The van der Waals surface area contributed by atoms with Gasteiger partial charge in [0.1, 0.15) is 11.6 Å². The third-order valence-electron chi connectivity index (χ3n) is 2.34. The van der Waals surface area contributed by atoms with Crippen molar-refractivity contribution in [3.63, 3.8) is 0 Å². The first-order valence-electron chi connectivity index (χ1n) is 6.48. The fraction of sp³-hybridized carbons (Fsp3) is 0.846. The number of aliphatic carboxylic acids is 1. The van der Waals surface area contributed by atoms with Gasteiger partial charge in [0.05, 0.1) is 0 Å². The fourth-order valence-corrected chi connectivity index (χ4v) is 1.48. The van der Waals surface area contributed by atoms with Crippen molar-refractivity contribution >= 4 is 12.1 Å². The molecule has 0 heterocycles. The molecule has 0 fully saturated rings. The number of alkyl carbamates (subject to hydrolysis) is 1. The van der Waals surface area contributed by atoms with Crippen LogP contribution in [0.1, 0.15) is 59.8 Å². The van der Waals surface area contributed by atoms with Crippen LogP contribution in [0.4, 0.5) is 4.79 Å². The van der Waals surface area contributed by atoms with Gasteiger partial charge in [-0.2, -0.15) is 0 Å². The van der Waals surface area contributed by atoms with Crippen LogP contribution in [0.5, 0.6) is 0 Å². The van der Waals surface area contributed by atoms with Crippen LogP contribution in [-0.2, 0) is 9.53 Å². The van der Waals surface area contributed by atoms with Gasteiger partial charge in [-0.3, -0.25) is 0 Å². The maximum Gasteiger partial charge on any atom is 0.408 e. The minimum atomic E-state index is -1.02. The van der Waals surface area contributed by atoms with Gasteiger partial charge in [-0.25, -0.2) is 9.59 Å². The van der Waals surface area contributed by atoms with E-state index in [9.17, 15) is 9.59 Å². The van der Waals surface area contributed by atoms with Gasteiger partial charge >= 0.3 is 12.1 Å². The second-order valence-corrected chi connectivity index (χ2v) is 5.39. The molecule has 106 valence electrons. The predicted octanol–water partition coefficient (Wildman–Crippen LogP) is 2.93. The van der Waals surface area contributed by atoms with Crippen molar-refractivity contribution in [2.24, 2.45) is 0 Å². The third kappa shape index (κ3) is 8.84. The maximum absolute atomic E-state index is 11.5. The molecular formula is C13H25NO4. The number of carboxylic acids is 1. The second kappa shape index (κ2) is 7.95. The summed E-state index contributed by atoms with van der Waals surface area (Å²) in [6.07, 6.45) is 3.71. The van der Waals surface area contributed by atoms with E-state index in [-0.39, 0.29) is 0 Å². The van der Waals surface area contributed by atoms with Gasteiger partial charge in [0.15, 0.2) is 0 Å². The molecular weight excluding hydrogens is 234 g/mol. The standard InChI is InChI=1S/C13H25NO4/c1-5-6-7-8-9-10(11(15)16)14-12(17)18-13(2,3)4/h10H,5-9H2,1-4H3,(H,14,17)(H,15,16). The highest BCUT2D eigenvalue weighted by atomic mass is 16.6. The Balaban J connectivity index is 4.11. The van der Waals surface area contributed by atoms with Gasteiger partial charge in [0, 0.05) is 0 Å². The van der Waals surface area contributed by atoms with Crippen LogP contribution in [0, 0.1) is 0 Å². The van der Waals surface area contributed by atoms with Crippen LogP contribution < -0.4 is 5.32 Å². The largest absolute Gasteiger partial charge is 0.480 e. The Morgan fingerprint density at radius 1 is 1.22 bits per heavy atom. The summed E-state index contributed by atoms with van der Waals surface area (Å²) in [5.41, 5.74) is -0.616. The summed E-state index contributed by atoms with van der Waals surface area (Å²) in [6.45, 7) is 7.31. The molecule has 0 aliphatic heterocycles. The third-order valence-corrected chi connectivity index (χ3v) is 2.34. The van der Waals surface area contributed by atoms with Crippen molar-refractivity contribution in [2.45, 2.75) is 71.4 Å². The second-order valence-electron chi connectivity index (χ2n) is 5.39. The van der Waals surface area contributed by atoms with E-state index >= 15 is 0 Å². The highest BCUT2D eigenvalue weighted by Crippen LogP contribution is 2.09. The molecule has 0 aromatic rings. The molecule has 18 heavy (non-hydrogen) atoms. The molecule has 1 unspecified atom stereocenters. The quantitative estimate of drug-likeness (QED) is 0.689. The van der Waals surface area contributed by atoms with Crippen LogP contribution in [0.3, 0.4) is 0 Å². The van der Waals surface area contributed by atoms with Crippen molar-refractivity contribution in [3.8, 4) is 0 Å². The van der Waals surface area contributed by atoms with Crippen LogP contribution in [-0.4, -0.2) is 28.8 Å². The monoisotopic (exact) mass is 259 g/mol. The molecule has 0 saturated carbocycles. The summed E-state index contributed by atoms with van der Waals surface area (Å²) in [4.78, 5) is 22.5. The molecule has 0 saturated heterocycles. The number of hydrogen-bond acceptors (Lipinski definition) is 3. The molecule has 1 atom stereocenters. The van der Waals surface area contributed by atoms with E-state index in [2.05, 4.69) is 12.2 Å². The van der Waals surface area contributed by atoms with Crippen molar-refractivity contribution in [1.29, 1.82) is 0 Å². The van der Waals surface area contributed by atoms with Crippen LogP contribution in [0.15, 0.2) is 0 Å². The average Bonchev–Trinajstić information content (AvgIpc) is 2.19. The molecule has 2 N–H and O–H groups in total. The lowest BCUT2D eigenvalue weighted by Crippen LogP contribution is -2.43. The molecule has 5 heteroatoms.